The molecule has 1 aromatic rings. The number of hydrazone groups is 1. The summed E-state index contributed by atoms with van der Waals surface area (Å²) in [7, 11) is 0. The van der Waals surface area contributed by atoms with Gasteiger partial charge in [0.1, 0.15) is 5.84 Å². The molecule has 0 fully saturated rings. The highest BCUT2D eigenvalue weighted by Gasteiger charge is 2.21. The molecule has 0 unspecified atom stereocenters. The quantitative estimate of drug-likeness (QED) is 0.823. The first-order chi connectivity index (χ1) is 7.15. The van der Waals surface area contributed by atoms with E-state index in [1.165, 1.54) is 5.01 Å². The number of halogens is 1. The van der Waals surface area contributed by atoms with Crippen LogP contribution in [0.1, 0.15) is 12.0 Å². The fourth-order valence-corrected chi connectivity index (χ4v) is 1.50. The summed E-state index contributed by atoms with van der Waals surface area (Å²) >= 11 is 5.75. The lowest BCUT2D eigenvalue weighted by atomic mass is 10.2. The molecule has 2 rings (SSSR count). The second-order valence-corrected chi connectivity index (χ2v) is 3.78. The van der Waals surface area contributed by atoms with E-state index in [9.17, 15) is 4.79 Å². The summed E-state index contributed by atoms with van der Waals surface area (Å²) in [4.78, 5) is 11.4. The predicted octanol–water partition coefficient (Wildman–Crippen LogP) is 1.34. The Morgan fingerprint density at radius 1 is 1.40 bits per heavy atom. The molecule has 0 atom stereocenters. The van der Waals surface area contributed by atoms with Gasteiger partial charge in [-0.1, -0.05) is 23.7 Å². The molecular formula is C10H10ClN3O. The van der Waals surface area contributed by atoms with Gasteiger partial charge < -0.3 is 5.73 Å². The highest BCUT2D eigenvalue weighted by atomic mass is 35.5. The van der Waals surface area contributed by atoms with Gasteiger partial charge in [-0.25, -0.2) is 5.01 Å². The Labute approximate surface area is 92.3 Å². The van der Waals surface area contributed by atoms with Crippen molar-refractivity contribution in [3.8, 4) is 0 Å². The minimum absolute atomic E-state index is 0.0672. The summed E-state index contributed by atoms with van der Waals surface area (Å²) in [5.41, 5.74) is 6.44. The molecule has 0 aliphatic carbocycles. The zero-order valence-electron chi connectivity index (χ0n) is 7.98. The number of amides is 1. The molecule has 4 nitrogen and oxygen atoms in total. The van der Waals surface area contributed by atoms with Gasteiger partial charge in [0.15, 0.2) is 0 Å². The number of carbonyl (C=O) groups excluding carboxylic acids is 1. The van der Waals surface area contributed by atoms with E-state index in [1.807, 2.05) is 12.1 Å². The Morgan fingerprint density at radius 2 is 2.07 bits per heavy atom. The minimum atomic E-state index is -0.0672. The van der Waals surface area contributed by atoms with E-state index in [1.54, 1.807) is 12.1 Å². The molecule has 78 valence electrons. The minimum Gasteiger partial charge on any atom is -0.385 e. The van der Waals surface area contributed by atoms with Crippen molar-refractivity contribution < 1.29 is 4.79 Å². The standard InChI is InChI=1S/C10H10ClN3O/c11-8-3-1-7(2-4-8)6-14-10(15)5-9(12)13-14/h1-4H,5-6H2,(H2,12,13). The Morgan fingerprint density at radius 3 is 2.60 bits per heavy atom. The van der Waals surface area contributed by atoms with Crippen LogP contribution in [0.3, 0.4) is 0 Å². The van der Waals surface area contributed by atoms with Crippen LogP contribution in [-0.2, 0) is 11.3 Å². The van der Waals surface area contributed by atoms with Crippen LogP contribution in [0, 0.1) is 0 Å². The second kappa shape index (κ2) is 3.90. The molecule has 1 amide bonds. The number of amidine groups is 1. The fourth-order valence-electron chi connectivity index (χ4n) is 1.38. The molecule has 1 aliphatic heterocycles. The first-order valence-corrected chi connectivity index (χ1v) is 4.91. The van der Waals surface area contributed by atoms with Crippen LogP contribution in [-0.4, -0.2) is 16.8 Å². The van der Waals surface area contributed by atoms with Crippen molar-refractivity contribution in [3.05, 3.63) is 34.9 Å². The monoisotopic (exact) mass is 223 g/mol. The Balaban J connectivity index is 2.09. The van der Waals surface area contributed by atoms with Crippen molar-refractivity contribution >= 4 is 23.3 Å². The summed E-state index contributed by atoms with van der Waals surface area (Å²) in [5.74, 6) is 0.302. The van der Waals surface area contributed by atoms with Crippen LogP contribution in [0.15, 0.2) is 29.4 Å². The Kier molecular flexibility index (Phi) is 2.60. The van der Waals surface area contributed by atoms with Crippen molar-refractivity contribution in [2.75, 3.05) is 0 Å². The number of rotatable bonds is 2. The maximum atomic E-state index is 11.4. The summed E-state index contributed by atoms with van der Waals surface area (Å²) in [6, 6.07) is 7.29. The van der Waals surface area contributed by atoms with Gasteiger partial charge in [0.05, 0.1) is 13.0 Å². The van der Waals surface area contributed by atoms with Crippen LogP contribution in [0.25, 0.3) is 0 Å². The van der Waals surface area contributed by atoms with E-state index in [0.29, 0.717) is 17.4 Å². The lowest BCUT2D eigenvalue weighted by molar-refractivity contribution is -0.129. The number of hydrogen-bond acceptors (Lipinski definition) is 3. The van der Waals surface area contributed by atoms with Crippen LogP contribution >= 0.6 is 11.6 Å². The van der Waals surface area contributed by atoms with E-state index in [-0.39, 0.29) is 12.3 Å². The Bertz CT molecular complexity index is 413. The summed E-state index contributed by atoms with van der Waals surface area (Å²) in [6.45, 7) is 0.441. The number of benzene rings is 1. The summed E-state index contributed by atoms with van der Waals surface area (Å²) in [5, 5.41) is 5.98. The molecule has 1 aromatic carbocycles. The lowest BCUT2D eigenvalue weighted by Gasteiger charge is -2.11. The molecule has 0 spiro atoms. The number of hydrogen-bond donors (Lipinski definition) is 1. The lowest BCUT2D eigenvalue weighted by Crippen LogP contribution is -2.20. The fraction of sp³-hybridized carbons (Fsp3) is 0.200. The van der Waals surface area contributed by atoms with Gasteiger partial charge in [-0.15, -0.1) is 0 Å². The molecule has 1 aliphatic rings. The van der Waals surface area contributed by atoms with Gasteiger partial charge in [0.25, 0.3) is 5.91 Å². The highest BCUT2D eigenvalue weighted by molar-refractivity contribution is 6.30. The SMILES string of the molecule is NC1=NN(Cc2ccc(Cl)cc2)C(=O)C1. The zero-order chi connectivity index (χ0) is 10.8. The predicted molar refractivity (Wildman–Crippen MR) is 58.2 cm³/mol. The van der Waals surface area contributed by atoms with E-state index >= 15 is 0 Å². The third-order valence-electron chi connectivity index (χ3n) is 2.11. The van der Waals surface area contributed by atoms with Gasteiger partial charge in [0.2, 0.25) is 0 Å². The van der Waals surface area contributed by atoms with Gasteiger partial charge in [0, 0.05) is 5.02 Å². The maximum Gasteiger partial charge on any atom is 0.250 e. The third kappa shape index (κ3) is 2.27. The van der Waals surface area contributed by atoms with Crippen molar-refractivity contribution in [2.24, 2.45) is 10.8 Å². The number of nitrogens with two attached hydrogens (primary N) is 1. The first-order valence-electron chi connectivity index (χ1n) is 4.53. The molecule has 5 heteroatoms. The van der Waals surface area contributed by atoms with Gasteiger partial charge in [-0.2, -0.15) is 5.10 Å². The zero-order valence-corrected chi connectivity index (χ0v) is 8.74. The smallest absolute Gasteiger partial charge is 0.250 e. The van der Waals surface area contributed by atoms with Crippen molar-refractivity contribution in [1.82, 2.24) is 5.01 Å². The molecule has 1 heterocycles. The average Bonchev–Trinajstić information content (AvgIpc) is 2.49. The van der Waals surface area contributed by atoms with Crippen LogP contribution in [0.5, 0.6) is 0 Å². The van der Waals surface area contributed by atoms with Crippen LogP contribution in [0.4, 0.5) is 0 Å². The molecule has 0 saturated heterocycles. The molecular weight excluding hydrogens is 214 g/mol. The number of carbonyl (C=O) groups is 1. The molecule has 0 radical (unpaired) electrons. The summed E-state index contributed by atoms with van der Waals surface area (Å²) in [6.07, 6.45) is 0.216. The van der Waals surface area contributed by atoms with Gasteiger partial charge in [-0.3, -0.25) is 4.79 Å². The molecule has 2 N–H and O–H groups in total. The van der Waals surface area contributed by atoms with E-state index < -0.39 is 0 Å². The van der Waals surface area contributed by atoms with Crippen molar-refractivity contribution in [1.29, 1.82) is 0 Å². The molecule has 15 heavy (non-hydrogen) atoms. The highest BCUT2D eigenvalue weighted by Crippen LogP contribution is 2.14. The van der Waals surface area contributed by atoms with E-state index in [2.05, 4.69) is 5.10 Å². The topological polar surface area (TPSA) is 58.7 Å². The normalized spacial score (nSPS) is 15.7. The second-order valence-electron chi connectivity index (χ2n) is 3.35. The molecule has 0 bridgehead atoms. The summed E-state index contributed by atoms with van der Waals surface area (Å²) < 4.78 is 0. The van der Waals surface area contributed by atoms with E-state index in [4.69, 9.17) is 17.3 Å². The van der Waals surface area contributed by atoms with Crippen LogP contribution < -0.4 is 5.73 Å². The van der Waals surface area contributed by atoms with Gasteiger partial charge >= 0.3 is 0 Å². The maximum absolute atomic E-state index is 11.4. The van der Waals surface area contributed by atoms with E-state index in [0.717, 1.165) is 5.56 Å². The molecule has 0 saturated carbocycles. The Hall–Kier alpha value is -1.55. The average molecular weight is 224 g/mol. The first kappa shape index (κ1) is 9.98. The van der Waals surface area contributed by atoms with Crippen LogP contribution in [0.2, 0.25) is 5.02 Å². The molecule has 0 aromatic heterocycles. The third-order valence-corrected chi connectivity index (χ3v) is 2.37. The van der Waals surface area contributed by atoms with Gasteiger partial charge in [-0.05, 0) is 17.7 Å². The van der Waals surface area contributed by atoms with Crippen molar-refractivity contribution in [2.45, 2.75) is 13.0 Å². The number of nitrogens with zero attached hydrogens (tertiary/aromatic N) is 2. The largest absolute Gasteiger partial charge is 0.385 e. The van der Waals surface area contributed by atoms with Crippen molar-refractivity contribution in [3.63, 3.8) is 0 Å².